The highest BCUT2D eigenvalue weighted by molar-refractivity contribution is 5.13. The van der Waals surface area contributed by atoms with E-state index in [1.165, 1.54) is 0 Å². The van der Waals surface area contributed by atoms with E-state index in [0.29, 0.717) is 11.8 Å². The van der Waals surface area contributed by atoms with Gasteiger partial charge in [-0.2, -0.15) is 5.10 Å². The van der Waals surface area contributed by atoms with Crippen LogP contribution in [0.15, 0.2) is 6.07 Å². The quantitative estimate of drug-likeness (QED) is 0.908. The normalized spacial score (nSPS) is 22.2. The van der Waals surface area contributed by atoms with Gasteiger partial charge in [0, 0.05) is 26.3 Å². The summed E-state index contributed by atoms with van der Waals surface area (Å²) in [4.78, 5) is 0. The molecule has 0 saturated heterocycles. The van der Waals surface area contributed by atoms with Crippen LogP contribution in [0.2, 0.25) is 0 Å². The van der Waals surface area contributed by atoms with Gasteiger partial charge in [0.05, 0.1) is 17.4 Å². The van der Waals surface area contributed by atoms with Gasteiger partial charge in [-0.3, -0.25) is 4.68 Å². The minimum atomic E-state index is -0.473. The maximum absolute atomic E-state index is 10.8. The fraction of sp³-hybridized carbons (Fsp3) is 0.824. The monoisotopic (exact) mass is 294 g/mol. The maximum atomic E-state index is 10.8. The number of hydrogen-bond acceptors (Lipinski definition) is 3. The van der Waals surface area contributed by atoms with Crippen molar-refractivity contribution in [2.45, 2.75) is 71.0 Å². The van der Waals surface area contributed by atoms with Crippen molar-refractivity contribution in [1.29, 1.82) is 0 Å². The molecule has 1 fully saturated rings. The van der Waals surface area contributed by atoms with Crippen LogP contribution in [0.3, 0.4) is 0 Å². The van der Waals surface area contributed by atoms with Crippen molar-refractivity contribution in [3.05, 3.63) is 17.5 Å². The average molecular weight is 294 g/mol. The summed E-state index contributed by atoms with van der Waals surface area (Å²) in [5.41, 5.74) is 2.13. The molecule has 1 atom stereocenters. The minimum Gasteiger partial charge on any atom is -0.390 e. The number of ether oxygens (including phenoxy) is 1. The molecule has 0 aliphatic heterocycles. The maximum Gasteiger partial charge on any atom is 0.0940 e. The number of aliphatic hydroxyl groups excluding tert-OH is 1. The first-order chi connectivity index (χ1) is 9.82. The van der Waals surface area contributed by atoms with E-state index in [4.69, 9.17) is 4.74 Å². The molecule has 4 heteroatoms. The van der Waals surface area contributed by atoms with Crippen molar-refractivity contribution < 1.29 is 9.84 Å². The van der Waals surface area contributed by atoms with Gasteiger partial charge in [-0.25, -0.2) is 0 Å². The Morgan fingerprint density at radius 1 is 1.33 bits per heavy atom. The number of aryl methyl sites for hydroxylation is 2. The lowest BCUT2D eigenvalue weighted by Gasteiger charge is -2.45. The van der Waals surface area contributed by atoms with Gasteiger partial charge in [-0.15, -0.1) is 0 Å². The Bertz CT molecular complexity index is 469. The Morgan fingerprint density at radius 3 is 2.43 bits per heavy atom. The average Bonchev–Trinajstić information content (AvgIpc) is 2.80. The van der Waals surface area contributed by atoms with Gasteiger partial charge < -0.3 is 9.84 Å². The van der Waals surface area contributed by atoms with Gasteiger partial charge in [-0.1, -0.05) is 20.8 Å². The molecular weight excluding hydrogens is 264 g/mol. The minimum absolute atomic E-state index is 0.365. The highest BCUT2D eigenvalue weighted by atomic mass is 16.5. The fourth-order valence-electron chi connectivity index (χ4n) is 3.34. The zero-order valence-electron chi connectivity index (χ0n) is 14.1. The third-order valence-electron chi connectivity index (χ3n) is 5.26. The van der Waals surface area contributed by atoms with Crippen LogP contribution >= 0.6 is 0 Å². The highest BCUT2D eigenvalue weighted by Gasteiger charge is 2.43. The summed E-state index contributed by atoms with van der Waals surface area (Å²) < 4.78 is 7.69. The van der Waals surface area contributed by atoms with E-state index in [2.05, 4.69) is 31.9 Å². The third kappa shape index (κ3) is 3.49. The molecule has 1 N–H and O–H groups in total. The first-order valence-corrected chi connectivity index (χ1v) is 8.07. The van der Waals surface area contributed by atoms with Crippen LogP contribution in [-0.4, -0.2) is 33.7 Å². The number of nitrogens with zero attached hydrogens (tertiary/aromatic N) is 2. The van der Waals surface area contributed by atoms with Crippen molar-refractivity contribution in [2.75, 3.05) is 7.11 Å². The van der Waals surface area contributed by atoms with Crippen LogP contribution in [0.1, 0.15) is 57.8 Å². The molecule has 1 aliphatic rings. The first kappa shape index (κ1) is 16.5. The molecule has 1 aromatic rings. The molecule has 0 spiro atoms. The lowest BCUT2D eigenvalue weighted by molar-refractivity contribution is -0.135. The number of rotatable bonds is 5. The van der Waals surface area contributed by atoms with Crippen molar-refractivity contribution in [3.8, 4) is 0 Å². The van der Waals surface area contributed by atoms with Gasteiger partial charge in [-0.05, 0) is 43.6 Å². The Morgan fingerprint density at radius 2 is 1.95 bits per heavy atom. The summed E-state index contributed by atoms with van der Waals surface area (Å²) >= 11 is 0. The summed E-state index contributed by atoms with van der Waals surface area (Å²) in [6, 6.07) is 2.10. The van der Waals surface area contributed by atoms with Crippen molar-refractivity contribution in [2.24, 2.45) is 12.5 Å². The molecular formula is C17H30N2O2. The number of aliphatic hydroxyl groups is 1. The van der Waals surface area contributed by atoms with Crippen LogP contribution < -0.4 is 0 Å². The van der Waals surface area contributed by atoms with Crippen molar-refractivity contribution in [1.82, 2.24) is 9.78 Å². The SMILES string of the molecule is CCc1cc(CC(O)C2(OC)CCC(C)(C)CC2)n(C)n1. The van der Waals surface area contributed by atoms with Gasteiger partial charge >= 0.3 is 0 Å². The largest absolute Gasteiger partial charge is 0.390 e. The zero-order chi connectivity index (χ0) is 15.7. The Labute approximate surface area is 128 Å². The molecule has 0 amide bonds. The Hall–Kier alpha value is -0.870. The van der Waals surface area contributed by atoms with Crippen LogP contribution in [0.4, 0.5) is 0 Å². The molecule has 0 radical (unpaired) electrons. The van der Waals surface area contributed by atoms with Gasteiger partial charge in [0.1, 0.15) is 0 Å². The van der Waals surface area contributed by atoms with E-state index < -0.39 is 11.7 Å². The summed E-state index contributed by atoms with van der Waals surface area (Å²) in [5.74, 6) is 0. The van der Waals surface area contributed by atoms with Crippen LogP contribution in [0.5, 0.6) is 0 Å². The predicted molar refractivity (Wildman–Crippen MR) is 84.3 cm³/mol. The lowest BCUT2D eigenvalue weighted by atomic mass is 9.68. The van der Waals surface area contributed by atoms with Crippen molar-refractivity contribution >= 4 is 0 Å². The smallest absolute Gasteiger partial charge is 0.0940 e. The summed E-state index contributed by atoms with van der Waals surface area (Å²) in [7, 11) is 3.69. The van der Waals surface area contributed by atoms with E-state index in [9.17, 15) is 5.11 Å². The number of hydrogen-bond donors (Lipinski definition) is 1. The van der Waals surface area contributed by atoms with E-state index in [0.717, 1.165) is 43.5 Å². The predicted octanol–water partition coefficient (Wildman–Crippen LogP) is 2.87. The number of aromatic nitrogens is 2. The van der Waals surface area contributed by atoms with E-state index in [1.807, 2.05) is 11.7 Å². The summed E-state index contributed by atoms with van der Waals surface area (Å²) in [6.45, 7) is 6.70. The molecule has 1 unspecified atom stereocenters. The van der Waals surface area contributed by atoms with Gasteiger partial charge in [0.2, 0.25) is 0 Å². The van der Waals surface area contributed by atoms with E-state index in [1.54, 1.807) is 7.11 Å². The van der Waals surface area contributed by atoms with Crippen LogP contribution in [0.25, 0.3) is 0 Å². The molecule has 1 heterocycles. The second kappa shape index (κ2) is 6.09. The molecule has 2 rings (SSSR count). The molecule has 21 heavy (non-hydrogen) atoms. The third-order valence-corrected chi connectivity index (χ3v) is 5.26. The van der Waals surface area contributed by atoms with Gasteiger partial charge in [0.25, 0.3) is 0 Å². The molecule has 120 valence electrons. The molecule has 4 nitrogen and oxygen atoms in total. The molecule has 1 aromatic heterocycles. The fourth-order valence-corrected chi connectivity index (χ4v) is 3.34. The summed E-state index contributed by atoms with van der Waals surface area (Å²) in [5, 5.41) is 15.3. The first-order valence-electron chi connectivity index (χ1n) is 8.07. The molecule has 1 saturated carbocycles. The van der Waals surface area contributed by atoms with Crippen LogP contribution in [-0.2, 0) is 24.6 Å². The van der Waals surface area contributed by atoms with Crippen LogP contribution in [0, 0.1) is 5.41 Å². The molecule has 1 aliphatic carbocycles. The van der Waals surface area contributed by atoms with Crippen molar-refractivity contribution in [3.63, 3.8) is 0 Å². The Balaban J connectivity index is 2.10. The highest BCUT2D eigenvalue weighted by Crippen LogP contribution is 2.43. The molecule has 0 bridgehead atoms. The second-order valence-corrected chi connectivity index (χ2v) is 7.26. The zero-order valence-corrected chi connectivity index (χ0v) is 14.1. The second-order valence-electron chi connectivity index (χ2n) is 7.26. The van der Waals surface area contributed by atoms with Gasteiger partial charge in [0.15, 0.2) is 0 Å². The van der Waals surface area contributed by atoms with E-state index >= 15 is 0 Å². The summed E-state index contributed by atoms with van der Waals surface area (Å²) in [6.07, 6.45) is 5.11. The topological polar surface area (TPSA) is 47.3 Å². The Kier molecular flexibility index (Phi) is 4.79. The standard InChI is InChI=1S/C17H30N2O2/c1-6-13-11-14(19(4)18-13)12-15(20)17(21-5)9-7-16(2,3)8-10-17/h11,15,20H,6-10,12H2,1-5H3. The lowest BCUT2D eigenvalue weighted by Crippen LogP contribution is -2.49. The number of methoxy groups -OCH3 is 1. The molecule has 0 aromatic carbocycles. The van der Waals surface area contributed by atoms with E-state index in [-0.39, 0.29) is 0 Å².